The minimum absolute atomic E-state index is 0.283. The Labute approximate surface area is 129 Å². The van der Waals surface area contributed by atoms with Gasteiger partial charge in [0.2, 0.25) is 0 Å². The van der Waals surface area contributed by atoms with Gasteiger partial charge in [0.1, 0.15) is 0 Å². The fraction of sp³-hybridized carbons (Fsp3) is 1.00. The topological polar surface area (TPSA) is 48.0 Å². The summed E-state index contributed by atoms with van der Waals surface area (Å²) < 4.78 is 5.76. The van der Waals surface area contributed by atoms with Crippen LogP contribution in [-0.4, -0.2) is 86.6 Å². The van der Waals surface area contributed by atoms with Crippen molar-refractivity contribution in [3.8, 4) is 0 Å². The van der Waals surface area contributed by atoms with Crippen molar-refractivity contribution in [1.29, 1.82) is 0 Å². The predicted molar refractivity (Wildman–Crippen MR) is 85.6 cm³/mol. The van der Waals surface area contributed by atoms with Crippen molar-refractivity contribution in [1.82, 2.24) is 15.1 Å². The summed E-state index contributed by atoms with van der Waals surface area (Å²) >= 11 is 0. The second kappa shape index (κ2) is 7.38. The lowest BCUT2D eigenvalue weighted by Gasteiger charge is -2.44. The molecule has 0 saturated carbocycles. The average Bonchev–Trinajstić information content (AvgIpc) is 2.41. The largest absolute Gasteiger partial charge is 0.389 e. The van der Waals surface area contributed by atoms with E-state index in [4.69, 9.17) is 4.74 Å². The zero-order chi connectivity index (χ0) is 15.3. The van der Waals surface area contributed by atoms with Crippen LogP contribution in [0.5, 0.6) is 0 Å². The first-order valence-corrected chi connectivity index (χ1v) is 8.32. The maximum Gasteiger partial charge on any atom is 0.0718 e. The maximum atomic E-state index is 9.93. The van der Waals surface area contributed by atoms with Crippen molar-refractivity contribution in [2.24, 2.45) is 5.41 Å². The zero-order valence-corrected chi connectivity index (χ0v) is 14.0. The summed E-state index contributed by atoms with van der Waals surface area (Å²) in [7, 11) is 2.04. The van der Waals surface area contributed by atoms with Crippen LogP contribution < -0.4 is 5.32 Å². The van der Waals surface area contributed by atoms with Crippen LogP contribution in [0.25, 0.3) is 0 Å². The lowest BCUT2D eigenvalue weighted by molar-refractivity contribution is -0.0372. The van der Waals surface area contributed by atoms with Crippen molar-refractivity contribution < 1.29 is 9.84 Å². The molecule has 0 aromatic rings. The Kier molecular flexibility index (Phi) is 6.03. The normalized spacial score (nSPS) is 29.7. The first-order valence-electron chi connectivity index (χ1n) is 8.32. The summed E-state index contributed by atoms with van der Waals surface area (Å²) in [5, 5.41) is 13.3. The molecule has 0 amide bonds. The van der Waals surface area contributed by atoms with Crippen molar-refractivity contribution in [3.05, 3.63) is 0 Å². The molecule has 21 heavy (non-hydrogen) atoms. The van der Waals surface area contributed by atoms with Crippen molar-refractivity contribution in [2.45, 2.75) is 32.3 Å². The van der Waals surface area contributed by atoms with Crippen LogP contribution in [0.2, 0.25) is 0 Å². The summed E-state index contributed by atoms with van der Waals surface area (Å²) in [6, 6.07) is 0. The van der Waals surface area contributed by atoms with Crippen LogP contribution in [0.3, 0.4) is 0 Å². The molecular formula is C16H33N3O2. The van der Waals surface area contributed by atoms with Crippen LogP contribution in [0.15, 0.2) is 0 Å². The van der Waals surface area contributed by atoms with E-state index < -0.39 is 5.60 Å². The van der Waals surface area contributed by atoms with E-state index in [2.05, 4.69) is 15.1 Å². The zero-order valence-electron chi connectivity index (χ0n) is 14.0. The van der Waals surface area contributed by atoms with Gasteiger partial charge < -0.3 is 20.1 Å². The van der Waals surface area contributed by atoms with E-state index in [1.54, 1.807) is 0 Å². The molecule has 2 N–H and O–H groups in total. The number of piperazine rings is 1. The van der Waals surface area contributed by atoms with E-state index in [1.807, 2.05) is 20.9 Å². The molecular weight excluding hydrogens is 266 g/mol. The smallest absolute Gasteiger partial charge is 0.0718 e. The Bertz CT molecular complexity index is 298. The summed E-state index contributed by atoms with van der Waals surface area (Å²) in [6.07, 6.45) is 2.44. The molecule has 0 aromatic carbocycles. The van der Waals surface area contributed by atoms with Gasteiger partial charge in [-0.3, -0.25) is 4.90 Å². The molecule has 5 nitrogen and oxygen atoms in total. The third-order valence-electron chi connectivity index (χ3n) is 4.59. The van der Waals surface area contributed by atoms with Crippen LogP contribution in [-0.2, 0) is 4.74 Å². The Hall–Kier alpha value is -0.200. The Morgan fingerprint density at radius 1 is 1.19 bits per heavy atom. The number of nitrogens with zero attached hydrogens (tertiary/aromatic N) is 2. The highest BCUT2D eigenvalue weighted by molar-refractivity contribution is 4.89. The highest BCUT2D eigenvalue weighted by Crippen LogP contribution is 2.29. The Balaban J connectivity index is 1.81. The average molecular weight is 299 g/mol. The molecule has 0 spiro atoms. The third-order valence-corrected chi connectivity index (χ3v) is 4.59. The molecule has 2 heterocycles. The highest BCUT2D eigenvalue weighted by atomic mass is 16.5. The Morgan fingerprint density at radius 3 is 2.38 bits per heavy atom. The molecule has 2 fully saturated rings. The van der Waals surface area contributed by atoms with Gasteiger partial charge in [0.25, 0.3) is 0 Å². The number of ether oxygens (including phenoxy) is 1. The molecule has 0 bridgehead atoms. The van der Waals surface area contributed by atoms with Gasteiger partial charge in [-0.05, 0) is 33.7 Å². The number of aliphatic hydroxyl groups is 1. The molecule has 1 atom stereocenters. The van der Waals surface area contributed by atoms with E-state index in [1.165, 1.54) is 12.8 Å². The predicted octanol–water partition coefficient (Wildman–Crippen LogP) is 0.391. The Morgan fingerprint density at radius 2 is 1.86 bits per heavy atom. The van der Waals surface area contributed by atoms with Gasteiger partial charge in [0.15, 0.2) is 0 Å². The summed E-state index contributed by atoms with van der Waals surface area (Å²) in [4.78, 5) is 4.95. The standard InChI is InChI=1S/C16H33N3O2/c1-15(2,20)12-18-6-8-19(9-7-18)13-16(11-17-3)5-4-10-21-14-16/h17,20H,4-14H2,1-3H3. The van der Waals surface area contributed by atoms with Crippen LogP contribution in [0, 0.1) is 5.41 Å². The minimum atomic E-state index is -0.591. The van der Waals surface area contributed by atoms with E-state index in [-0.39, 0.29) is 5.41 Å². The van der Waals surface area contributed by atoms with E-state index in [9.17, 15) is 5.11 Å². The summed E-state index contributed by atoms with van der Waals surface area (Å²) in [6.45, 7) is 12.8. The number of hydrogen-bond donors (Lipinski definition) is 2. The van der Waals surface area contributed by atoms with Crippen molar-refractivity contribution >= 4 is 0 Å². The van der Waals surface area contributed by atoms with Crippen molar-refractivity contribution in [3.63, 3.8) is 0 Å². The lowest BCUT2D eigenvalue weighted by atomic mass is 9.81. The van der Waals surface area contributed by atoms with Gasteiger partial charge in [0, 0.05) is 57.8 Å². The van der Waals surface area contributed by atoms with Gasteiger partial charge in [-0.1, -0.05) is 0 Å². The number of rotatable bonds is 6. The second-order valence-corrected chi connectivity index (χ2v) is 7.55. The van der Waals surface area contributed by atoms with Gasteiger partial charge >= 0.3 is 0 Å². The molecule has 0 aliphatic carbocycles. The SMILES string of the molecule is CNCC1(CN2CCN(CC(C)(C)O)CC2)CCCOC1. The van der Waals surface area contributed by atoms with Crippen LogP contribution in [0.1, 0.15) is 26.7 Å². The fourth-order valence-corrected chi connectivity index (χ4v) is 3.73. The number of nitrogens with one attached hydrogen (secondary N) is 1. The van der Waals surface area contributed by atoms with Gasteiger partial charge in [-0.25, -0.2) is 0 Å². The van der Waals surface area contributed by atoms with E-state index in [0.717, 1.165) is 59.0 Å². The van der Waals surface area contributed by atoms with Gasteiger partial charge in [0.05, 0.1) is 12.2 Å². The van der Waals surface area contributed by atoms with Crippen LogP contribution in [0.4, 0.5) is 0 Å². The summed E-state index contributed by atoms with van der Waals surface area (Å²) in [5.74, 6) is 0. The molecule has 2 saturated heterocycles. The molecule has 2 aliphatic rings. The molecule has 0 aromatic heterocycles. The first kappa shape index (κ1) is 17.2. The van der Waals surface area contributed by atoms with Gasteiger partial charge in [-0.15, -0.1) is 0 Å². The number of hydrogen-bond acceptors (Lipinski definition) is 5. The minimum Gasteiger partial charge on any atom is -0.389 e. The van der Waals surface area contributed by atoms with Crippen molar-refractivity contribution in [2.75, 3.05) is 66.1 Å². The summed E-state index contributed by atoms with van der Waals surface area (Å²) in [5.41, 5.74) is -0.307. The molecule has 2 rings (SSSR count). The molecule has 2 aliphatic heterocycles. The van der Waals surface area contributed by atoms with Gasteiger partial charge in [-0.2, -0.15) is 0 Å². The second-order valence-electron chi connectivity index (χ2n) is 7.55. The molecule has 5 heteroatoms. The van der Waals surface area contributed by atoms with E-state index in [0.29, 0.717) is 0 Å². The maximum absolute atomic E-state index is 9.93. The van der Waals surface area contributed by atoms with E-state index >= 15 is 0 Å². The van der Waals surface area contributed by atoms with Crippen LogP contribution >= 0.6 is 0 Å². The third kappa shape index (κ3) is 5.49. The molecule has 0 radical (unpaired) electrons. The monoisotopic (exact) mass is 299 g/mol. The molecule has 124 valence electrons. The molecule has 1 unspecified atom stereocenters. The number of β-amino-alcohol motifs (C(OH)–C–C–N with tert-alkyl or cyclic N) is 1. The highest BCUT2D eigenvalue weighted by Gasteiger charge is 2.35. The quantitative estimate of drug-likeness (QED) is 0.743. The first-order chi connectivity index (χ1) is 9.92. The lowest BCUT2D eigenvalue weighted by Crippen LogP contribution is -2.55. The fourth-order valence-electron chi connectivity index (χ4n) is 3.73.